The molecule has 0 spiro atoms. The van der Waals surface area contributed by atoms with Crippen molar-refractivity contribution in [3.05, 3.63) is 58.1 Å². The smallest absolute Gasteiger partial charge is 0.136 e. The van der Waals surface area contributed by atoms with Gasteiger partial charge in [0.25, 0.3) is 0 Å². The molecule has 0 aliphatic heterocycles. The Morgan fingerprint density at radius 2 is 1.89 bits per heavy atom. The molecule has 0 heterocycles. The largest absolute Gasteiger partial charge is 0.316 e. The van der Waals surface area contributed by atoms with Gasteiger partial charge in [-0.25, -0.2) is 8.78 Å². The highest BCUT2D eigenvalue weighted by molar-refractivity contribution is 6.31. The van der Waals surface area contributed by atoms with Gasteiger partial charge < -0.3 is 5.32 Å². The summed E-state index contributed by atoms with van der Waals surface area (Å²) in [5.74, 6) is -1.10. The molecule has 2 aromatic carbocycles. The van der Waals surface area contributed by atoms with Crippen LogP contribution in [0.4, 0.5) is 8.78 Å². The van der Waals surface area contributed by atoms with Gasteiger partial charge in [-0.1, -0.05) is 23.7 Å². The predicted molar refractivity (Wildman–Crippen MR) is 74.3 cm³/mol. The Balaban J connectivity index is 2.59. The number of rotatable bonds is 3. The van der Waals surface area contributed by atoms with Crippen molar-refractivity contribution < 1.29 is 8.78 Å². The van der Waals surface area contributed by atoms with Crippen molar-refractivity contribution in [3.63, 3.8) is 0 Å². The minimum absolute atomic E-state index is 0.00554. The van der Waals surface area contributed by atoms with E-state index in [0.29, 0.717) is 22.7 Å². The van der Waals surface area contributed by atoms with Crippen molar-refractivity contribution in [2.24, 2.45) is 0 Å². The number of hydrogen-bond acceptors (Lipinski definition) is 1. The SMILES string of the molecule is CNCc1cc(-c2c(F)ccc(C)c2F)ccc1Cl. The van der Waals surface area contributed by atoms with Crippen LogP contribution in [0.1, 0.15) is 11.1 Å². The van der Waals surface area contributed by atoms with Crippen LogP contribution in [-0.2, 0) is 6.54 Å². The zero-order chi connectivity index (χ0) is 14.0. The van der Waals surface area contributed by atoms with Crippen molar-refractivity contribution in [1.29, 1.82) is 0 Å². The molecular weight excluding hydrogens is 268 g/mol. The van der Waals surface area contributed by atoms with Crippen LogP contribution in [0.3, 0.4) is 0 Å². The quantitative estimate of drug-likeness (QED) is 0.884. The Morgan fingerprint density at radius 3 is 2.58 bits per heavy atom. The van der Waals surface area contributed by atoms with Crippen LogP contribution in [0.5, 0.6) is 0 Å². The van der Waals surface area contributed by atoms with Crippen molar-refractivity contribution in [2.75, 3.05) is 7.05 Å². The summed E-state index contributed by atoms with van der Waals surface area (Å²) in [7, 11) is 1.79. The van der Waals surface area contributed by atoms with Crippen LogP contribution >= 0.6 is 11.6 Å². The monoisotopic (exact) mass is 281 g/mol. The van der Waals surface area contributed by atoms with E-state index in [1.165, 1.54) is 12.1 Å². The molecule has 0 aliphatic rings. The number of aryl methyl sites for hydroxylation is 1. The van der Waals surface area contributed by atoms with Crippen molar-refractivity contribution >= 4 is 11.6 Å². The second-order valence-electron chi connectivity index (χ2n) is 4.39. The van der Waals surface area contributed by atoms with E-state index in [0.717, 1.165) is 5.56 Å². The molecule has 0 unspecified atom stereocenters. The zero-order valence-electron chi connectivity index (χ0n) is 10.7. The van der Waals surface area contributed by atoms with E-state index >= 15 is 0 Å². The van der Waals surface area contributed by atoms with Gasteiger partial charge in [0, 0.05) is 11.6 Å². The molecule has 100 valence electrons. The molecule has 0 saturated carbocycles. The molecule has 0 fully saturated rings. The molecule has 0 bridgehead atoms. The summed E-state index contributed by atoms with van der Waals surface area (Å²) in [6, 6.07) is 7.70. The fourth-order valence-electron chi connectivity index (χ4n) is 1.98. The molecule has 0 aromatic heterocycles. The molecule has 2 rings (SSSR count). The fraction of sp³-hybridized carbons (Fsp3) is 0.200. The van der Waals surface area contributed by atoms with E-state index < -0.39 is 11.6 Å². The fourth-order valence-corrected chi connectivity index (χ4v) is 2.16. The van der Waals surface area contributed by atoms with E-state index in [1.807, 2.05) is 0 Å². The van der Waals surface area contributed by atoms with Gasteiger partial charge >= 0.3 is 0 Å². The highest BCUT2D eigenvalue weighted by atomic mass is 35.5. The summed E-state index contributed by atoms with van der Waals surface area (Å²) in [6.07, 6.45) is 0. The third-order valence-electron chi connectivity index (χ3n) is 2.99. The maximum atomic E-state index is 14.1. The molecule has 2 aromatic rings. The number of hydrogen-bond donors (Lipinski definition) is 1. The van der Waals surface area contributed by atoms with E-state index in [2.05, 4.69) is 5.32 Å². The first-order valence-electron chi connectivity index (χ1n) is 5.92. The lowest BCUT2D eigenvalue weighted by Gasteiger charge is -2.10. The lowest BCUT2D eigenvalue weighted by Crippen LogP contribution is -2.06. The Hall–Kier alpha value is -1.45. The van der Waals surface area contributed by atoms with Gasteiger partial charge in [-0.2, -0.15) is 0 Å². The third-order valence-corrected chi connectivity index (χ3v) is 3.35. The van der Waals surface area contributed by atoms with Gasteiger partial charge in [-0.3, -0.25) is 0 Å². The van der Waals surface area contributed by atoms with Crippen molar-refractivity contribution in [2.45, 2.75) is 13.5 Å². The summed E-state index contributed by atoms with van der Waals surface area (Å²) >= 11 is 6.05. The lowest BCUT2D eigenvalue weighted by atomic mass is 10.00. The Labute approximate surface area is 116 Å². The summed E-state index contributed by atoms with van der Waals surface area (Å²) in [5.41, 5.74) is 1.71. The van der Waals surface area contributed by atoms with E-state index in [-0.39, 0.29) is 5.56 Å². The van der Waals surface area contributed by atoms with Crippen LogP contribution in [0.15, 0.2) is 30.3 Å². The molecule has 0 atom stereocenters. The van der Waals surface area contributed by atoms with Gasteiger partial charge in [0.15, 0.2) is 0 Å². The van der Waals surface area contributed by atoms with Gasteiger partial charge in [0.05, 0.1) is 5.56 Å². The second kappa shape index (κ2) is 5.68. The summed E-state index contributed by atoms with van der Waals surface area (Å²) in [5, 5.41) is 3.55. The van der Waals surface area contributed by atoms with Crippen LogP contribution in [0, 0.1) is 18.6 Å². The zero-order valence-corrected chi connectivity index (χ0v) is 11.5. The van der Waals surface area contributed by atoms with E-state index in [4.69, 9.17) is 11.6 Å². The topological polar surface area (TPSA) is 12.0 Å². The molecule has 4 heteroatoms. The number of halogens is 3. The Morgan fingerprint density at radius 1 is 1.16 bits per heavy atom. The Kier molecular flexibility index (Phi) is 4.17. The summed E-state index contributed by atoms with van der Waals surface area (Å²) in [4.78, 5) is 0. The molecule has 1 N–H and O–H groups in total. The number of benzene rings is 2. The van der Waals surface area contributed by atoms with Gasteiger partial charge in [0.1, 0.15) is 11.6 Å². The minimum Gasteiger partial charge on any atom is -0.316 e. The van der Waals surface area contributed by atoms with Crippen molar-refractivity contribution in [3.8, 4) is 11.1 Å². The van der Waals surface area contributed by atoms with Gasteiger partial charge in [-0.15, -0.1) is 0 Å². The molecule has 0 radical (unpaired) electrons. The highest BCUT2D eigenvalue weighted by Gasteiger charge is 2.14. The molecule has 0 amide bonds. The standard InChI is InChI=1S/C15H14ClF2N/c1-9-3-6-13(17)14(15(9)18)10-4-5-12(16)11(7-10)8-19-2/h3-7,19H,8H2,1-2H3. The maximum Gasteiger partial charge on any atom is 0.136 e. The maximum absolute atomic E-state index is 14.1. The second-order valence-corrected chi connectivity index (χ2v) is 4.80. The van der Waals surface area contributed by atoms with Crippen molar-refractivity contribution in [1.82, 2.24) is 5.32 Å². The van der Waals surface area contributed by atoms with Crippen LogP contribution in [0.25, 0.3) is 11.1 Å². The molecule has 19 heavy (non-hydrogen) atoms. The summed E-state index contributed by atoms with van der Waals surface area (Å²) < 4.78 is 27.9. The Bertz CT molecular complexity index is 611. The average molecular weight is 282 g/mol. The predicted octanol–water partition coefficient (Wildman–Crippen LogP) is 4.31. The first-order valence-corrected chi connectivity index (χ1v) is 6.30. The average Bonchev–Trinajstić information content (AvgIpc) is 2.38. The lowest BCUT2D eigenvalue weighted by molar-refractivity contribution is 0.583. The summed E-state index contributed by atoms with van der Waals surface area (Å²) in [6.45, 7) is 2.16. The normalized spacial score (nSPS) is 10.8. The van der Waals surface area contributed by atoms with Gasteiger partial charge in [0.2, 0.25) is 0 Å². The van der Waals surface area contributed by atoms with Crippen LogP contribution in [-0.4, -0.2) is 7.05 Å². The van der Waals surface area contributed by atoms with Crippen LogP contribution < -0.4 is 5.32 Å². The highest BCUT2D eigenvalue weighted by Crippen LogP contribution is 2.30. The number of nitrogens with one attached hydrogen (secondary N) is 1. The minimum atomic E-state index is -0.569. The molecule has 1 nitrogen and oxygen atoms in total. The van der Waals surface area contributed by atoms with Gasteiger partial charge in [-0.05, 0) is 48.9 Å². The molecule has 0 saturated heterocycles. The third kappa shape index (κ3) is 2.77. The van der Waals surface area contributed by atoms with E-state index in [1.54, 1.807) is 32.2 Å². The first kappa shape index (κ1) is 14.0. The van der Waals surface area contributed by atoms with Crippen LogP contribution in [0.2, 0.25) is 5.02 Å². The molecular formula is C15H14ClF2N. The first-order chi connectivity index (χ1) is 9.04. The molecule has 0 aliphatic carbocycles. The van der Waals surface area contributed by atoms with E-state index in [9.17, 15) is 8.78 Å².